The Morgan fingerprint density at radius 2 is 2.16 bits per heavy atom. The molecule has 0 saturated carbocycles. The van der Waals surface area contributed by atoms with Crippen molar-refractivity contribution in [3.05, 3.63) is 34.7 Å². The number of carbonyl (C=O) groups is 2. The van der Waals surface area contributed by atoms with Gasteiger partial charge in [0.1, 0.15) is 5.82 Å². The third-order valence-corrected chi connectivity index (χ3v) is 3.61. The molecule has 2 amide bonds. The van der Waals surface area contributed by atoms with E-state index >= 15 is 0 Å². The first-order chi connectivity index (χ1) is 9.13. The first-order valence-electron chi connectivity index (χ1n) is 5.89. The number of hydrogen-bond acceptors (Lipinski definition) is 4. The van der Waals surface area contributed by atoms with Crippen LogP contribution in [0, 0.1) is 0 Å². The minimum Gasteiger partial charge on any atom is -0.296 e. The van der Waals surface area contributed by atoms with E-state index in [2.05, 4.69) is 31.2 Å². The summed E-state index contributed by atoms with van der Waals surface area (Å²) in [5.41, 5.74) is 0.782. The van der Waals surface area contributed by atoms with E-state index in [1.54, 1.807) is 6.20 Å². The number of aromatic nitrogens is 2. The molecule has 1 fully saturated rings. The molecule has 1 aliphatic heterocycles. The molecule has 5 nitrogen and oxygen atoms in total. The van der Waals surface area contributed by atoms with Gasteiger partial charge in [-0.3, -0.25) is 14.9 Å². The third kappa shape index (κ3) is 2.35. The van der Waals surface area contributed by atoms with Crippen LogP contribution in [-0.4, -0.2) is 21.8 Å². The number of imide groups is 1. The quantitative estimate of drug-likeness (QED) is 0.815. The monoisotopic (exact) mass is 319 g/mol. The summed E-state index contributed by atoms with van der Waals surface area (Å²) in [6.45, 7) is 0. The van der Waals surface area contributed by atoms with Gasteiger partial charge in [0, 0.05) is 22.5 Å². The molecular weight excluding hydrogens is 310 g/mol. The van der Waals surface area contributed by atoms with E-state index in [1.165, 1.54) is 0 Å². The Balaban J connectivity index is 2.01. The van der Waals surface area contributed by atoms with Crippen molar-refractivity contribution in [2.45, 2.75) is 18.8 Å². The summed E-state index contributed by atoms with van der Waals surface area (Å²) in [6, 6.07) is 5.71. The van der Waals surface area contributed by atoms with Crippen LogP contribution in [0.1, 0.15) is 24.6 Å². The zero-order valence-corrected chi connectivity index (χ0v) is 11.5. The van der Waals surface area contributed by atoms with Crippen LogP contribution in [0.3, 0.4) is 0 Å². The van der Waals surface area contributed by atoms with Gasteiger partial charge in [0.25, 0.3) is 0 Å². The Bertz CT molecular complexity index is 687. The summed E-state index contributed by atoms with van der Waals surface area (Å²) in [6.07, 6.45) is 2.49. The lowest BCUT2D eigenvalue weighted by atomic mass is 9.97. The molecule has 0 spiro atoms. The van der Waals surface area contributed by atoms with Gasteiger partial charge >= 0.3 is 0 Å². The summed E-state index contributed by atoms with van der Waals surface area (Å²) >= 11 is 3.39. The molecule has 3 rings (SSSR count). The van der Waals surface area contributed by atoms with E-state index in [1.807, 2.05) is 18.2 Å². The van der Waals surface area contributed by atoms with E-state index in [-0.39, 0.29) is 11.8 Å². The smallest absolute Gasteiger partial charge is 0.237 e. The van der Waals surface area contributed by atoms with Crippen molar-refractivity contribution in [3.63, 3.8) is 0 Å². The maximum Gasteiger partial charge on any atom is 0.237 e. The average Bonchev–Trinajstić information content (AvgIpc) is 2.38. The average molecular weight is 320 g/mol. The lowest BCUT2D eigenvalue weighted by Crippen LogP contribution is -2.40. The second-order valence-electron chi connectivity index (χ2n) is 4.44. The van der Waals surface area contributed by atoms with Crippen molar-refractivity contribution in [1.82, 2.24) is 15.3 Å². The van der Waals surface area contributed by atoms with Gasteiger partial charge in [-0.1, -0.05) is 22.0 Å². The number of halogens is 1. The molecular formula is C13H10BrN3O2. The standard InChI is InChI=1S/C13H10BrN3O2/c14-8-2-1-7-6-15-12(16-10(7)5-8)9-3-4-11(18)17-13(9)19/h1-2,5-6,9H,3-4H2,(H,17,18,19). The molecule has 0 radical (unpaired) electrons. The van der Waals surface area contributed by atoms with Gasteiger partial charge in [0.05, 0.1) is 11.4 Å². The van der Waals surface area contributed by atoms with Crippen molar-refractivity contribution in [3.8, 4) is 0 Å². The first-order valence-corrected chi connectivity index (χ1v) is 6.69. The topological polar surface area (TPSA) is 72.0 Å². The molecule has 19 heavy (non-hydrogen) atoms. The molecule has 1 unspecified atom stereocenters. The van der Waals surface area contributed by atoms with Crippen LogP contribution in [-0.2, 0) is 9.59 Å². The number of amides is 2. The highest BCUT2D eigenvalue weighted by molar-refractivity contribution is 9.10. The third-order valence-electron chi connectivity index (χ3n) is 3.11. The minimum atomic E-state index is -0.443. The second-order valence-corrected chi connectivity index (χ2v) is 5.35. The van der Waals surface area contributed by atoms with Crippen LogP contribution in [0.2, 0.25) is 0 Å². The molecule has 1 aromatic carbocycles. The fourth-order valence-corrected chi connectivity index (χ4v) is 2.47. The van der Waals surface area contributed by atoms with Crippen LogP contribution in [0.25, 0.3) is 10.9 Å². The van der Waals surface area contributed by atoms with E-state index in [4.69, 9.17) is 0 Å². The molecule has 6 heteroatoms. The van der Waals surface area contributed by atoms with Crippen molar-refractivity contribution < 1.29 is 9.59 Å². The van der Waals surface area contributed by atoms with E-state index in [0.29, 0.717) is 18.7 Å². The molecule has 0 bridgehead atoms. The molecule has 0 aliphatic carbocycles. The van der Waals surface area contributed by atoms with E-state index in [9.17, 15) is 9.59 Å². The lowest BCUT2D eigenvalue weighted by molar-refractivity contribution is -0.134. The summed E-state index contributed by atoms with van der Waals surface area (Å²) < 4.78 is 0.924. The highest BCUT2D eigenvalue weighted by atomic mass is 79.9. The predicted octanol–water partition coefficient (Wildman–Crippen LogP) is 1.91. The summed E-state index contributed by atoms with van der Waals surface area (Å²) in [7, 11) is 0. The van der Waals surface area contributed by atoms with Gasteiger partial charge in [0.15, 0.2) is 0 Å². The lowest BCUT2D eigenvalue weighted by Gasteiger charge is -2.19. The molecule has 96 valence electrons. The van der Waals surface area contributed by atoms with Crippen LogP contribution in [0.4, 0.5) is 0 Å². The summed E-state index contributed by atoms with van der Waals surface area (Å²) in [5.74, 6) is -0.521. The van der Waals surface area contributed by atoms with Crippen LogP contribution >= 0.6 is 15.9 Å². The maximum absolute atomic E-state index is 11.8. The second kappa shape index (κ2) is 4.70. The molecule has 1 atom stereocenters. The molecule has 2 heterocycles. The van der Waals surface area contributed by atoms with Crippen LogP contribution < -0.4 is 5.32 Å². The van der Waals surface area contributed by atoms with Gasteiger partial charge in [-0.05, 0) is 18.6 Å². The van der Waals surface area contributed by atoms with Crippen molar-refractivity contribution in [2.75, 3.05) is 0 Å². The number of carbonyl (C=O) groups excluding carboxylic acids is 2. The van der Waals surface area contributed by atoms with Gasteiger partial charge < -0.3 is 0 Å². The Kier molecular flexibility index (Phi) is 3.02. The van der Waals surface area contributed by atoms with Gasteiger partial charge in [-0.2, -0.15) is 0 Å². The maximum atomic E-state index is 11.8. The predicted molar refractivity (Wildman–Crippen MR) is 72.4 cm³/mol. The number of nitrogens with zero attached hydrogens (tertiary/aromatic N) is 2. The fraction of sp³-hybridized carbons (Fsp3) is 0.231. The number of fused-ring (bicyclic) bond motifs is 1. The number of benzene rings is 1. The van der Waals surface area contributed by atoms with Gasteiger partial charge in [0.2, 0.25) is 11.8 Å². The van der Waals surface area contributed by atoms with E-state index in [0.717, 1.165) is 15.4 Å². The van der Waals surface area contributed by atoms with Gasteiger partial charge in [-0.15, -0.1) is 0 Å². The van der Waals surface area contributed by atoms with Crippen molar-refractivity contribution in [1.29, 1.82) is 0 Å². The first kappa shape index (κ1) is 12.2. The molecule has 1 N–H and O–H groups in total. The SMILES string of the molecule is O=C1CCC(c2ncc3ccc(Br)cc3n2)C(=O)N1. The number of nitrogens with one attached hydrogen (secondary N) is 1. The van der Waals surface area contributed by atoms with E-state index < -0.39 is 5.92 Å². The Morgan fingerprint density at radius 1 is 1.32 bits per heavy atom. The molecule has 1 saturated heterocycles. The van der Waals surface area contributed by atoms with Crippen LogP contribution in [0.15, 0.2) is 28.9 Å². The highest BCUT2D eigenvalue weighted by Crippen LogP contribution is 2.24. The Hall–Kier alpha value is -1.82. The van der Waals surface area contributed by atoms with Crippen molar-refractivity contribution in [2.24, 2.45) is 0 Å². The Labute approximate surface area is 117 Å². The number of piperidine rings is 1. The molecule has 2 aromatic rings. The number of rotatable bonds is 1. The molecule has 1 aromatic heterocycles. The highest BCUT2D eigenvalue weighted by Gasteiger charge is 2.30. The summed E-state index contributed by atoms with van der Waals surface area (Å²) in [4.78, 5) is 31.6. The zero-order chi connectivity index (χ0) is 13.4. The molecule has 1 aliphatic rings. The zero-order valence-electron chi connectivity index (χ0n) is 9.89. The fourth-order valence-electron chi connectivity index (χ4n) is 2.12. The largest absolute Gasteiger partial charge is 0.296 e. The number of hydrogen-bond donors (Lipinski definition) is 1. The van der Waals surface area contributed by atoms with Crippen molar-refractivity contribution >= 4 is 38.6 Å². The van der Waals surface area contributed by atoms with Crippen LogP contribution in [0.5, 0.6) is 0 Å². The Morgan fingerprint density at radius 3 is 2.95 bits per heavy atom. The minimum absolute atomic E-state index is 0.232. The van der Waals surface area contributed by atoms with Gasteiger partial charge in [-0.25, -0.2) is 9.97 Å². The summed E-state index contributed by atoms with van der Waals surface area (Å²) in [5, 5.41) is 3.24. The normalized spacial score (nSPS) is 19.5.